The number of benzene rings is 1. The van der Waals surface area contributed by atoms with E-state index in [1.165, 1.54) is 11.8 Å². The zero-order chi connectivity index (χ0) is 18.9. The number of carboxylic acid groups (broad SMARTS) is 1. The standard InChI is InChI=1S/C16H17BrN2O5S2/c17-10-4-6-11(7-5-10)19-12-8-26(23,24)9-13(12)25-16(19)18-14(20)2-1-3-15(21)22/h4-7,12-13H,1-3,8-9H2,(H,21,22). The highest BCUT2D eigenvalue weighted by atomic mass is 79.9. The Morgan fingerprint density at radius 2 is 1.92 bits per heavy atom. The highest BCUT2D eigenvalue weighted by Gasteiger charge is 2.49. The van der Waals surface area contributed by atoms with Gasteiger partial charge in [0.2, 0.25) is 5.91 Å². The first kappa shape index (κ1) is 19.4. The number of aliphatic carboxylic acids is 1. The number of halogens is 1. The third-order valence-corrected chi connectivity index (χ3v) is 7.91. The quantitative estimate of drug-likeness (QED) is 0.718. The molecular weight excluding hydrogens is 444 g/mol. The lowest BCUT2D eigenvalue weighted by atomic mass is 10.2. The number of amides is 1. The Morgan fingerprint density at radius 1 is 1.23 bits per heavy atom. The lowest BCUT2D eigenvalue weighted by molar-refractivity contribution is -0.137. The number of hydrogen-bond acceptors (Lipinski definition) is 5. The molecule has 2 heterocycles. The smallest absolute Gasteiger partial charge is 0.303 e. The molecule has 0 aromatic heterocycles. The van der Waals surface area contributed by atoms with Gasteiger partial charge >= 0.3 is 5.97 Å². The minimum atomic E-state index is -3.11. The van der Waals surface area contributed by atoms with E-state index in [-0.39, 0.29) is 42.1 Å². The molecule has 10 heteroatoms. The molecule has 2 aliphatic rings. The van der Waals surface area contributed by atoms with Gasteiger partial charge in [0.25, 0.3) is 0 Å². The fourth-order valence-corrected chi connectivity index (χ4v) is 7.22. The first-order chi connectivity index (χ1) is 12.2. The number of carbonyl (C=O) groups excluding carboxylic acids is 1. The van der Waals surface area contributed by atoms with Gasteiger partial charge in [-0.15, -0.1) is 0 Å². The minimum Gasteiger partial charge on any atom is -0.481 e. The van der Waals surface area contributed by atoms with Crippen LogP contribution in [0.1, 0.15) is 19.3 Å². The summed E-state index contributed by atoms with van der Waals surface area (Å²) in [5.74, 6) is -1.23. The van der Waals surface area contributed by atoms with Crippen molar-refractivity contribution in [3.63, 3.8) is 0 Å². The normalized spacial score (nSPS) is 25.4. The summed E-state index contributed by atoms with van der Waals surface area (Å²) in [6.45, 7) is 0. The van der Waals surface area contributed by atoms with Crippen LogP contribution >= 0.6 is 27.7 Å². The van der Waals surface area contributed by atoms with Crippen molar-refractivity contribution in [3.8, 4) is 0 Å². The second-order valence-corrected chi connectivity index (χ2v) is 10.5. The molecule has 1 amide bonds. The Bertz CT molecular complexity index is 854. The van der Waals surface area contributed by atoms with E-state index in [0.29, 0.717) is 5.17 Å². The summed E-state index contributed by atoms with van der Waals surface area (Å²) in [5.41, 5.74) is 0.780. The van der Waals surface area contributed by atoms with E-state index in [9.17, 15) is 18.0 Å². The van der Waals surface area contributed by atoms with Crippen LogP contribution in [0.15, 0.2) is 33.7 Å². The maximum absolute atomic E-state index is 12.1. The van der Waals surface area contributed by atoms with Crippen LogP contribution in [-0.4, -0.2) is 53.4 Å². The fourth-order valence-electron chi connectivity index (χ4n) is 3.02. The number of aliphatic imine (C=N–C) groups is 1. The highest BCUT2D eigenvalue weighted by molar-refractivity contribution is 9.10. The lowest BCUT2D eigenvalue weighted by Crippen LogP contribution is -2.37. The zero-order valence-electron chi connectivity index (χ0n) is 13.7. The fraction of sp³-hybridized carbons (Fsp3) is 0.438. The number of hydrogen-bond donors (Lipinski definition) is 1. The molecule has 1 aromatic rings. The molecule has 0 radical (unpaired) electrons. The summed E-state index contributed by atoms with van der Waals surface area (Å²) < 4.78 is 24.9. The molecule has 2 unspecified atom stereocenters. The second kappa shape index (κ2) is 7.69. The maximum Gasteiger partial charge on any atom is 0.303 e. The van der Waals surface area contributed by atoms with Crippen molar-refractivity contribution < 1.29 is 23.1 Å². The molecule has 2 aliphatic heterocycles. The highest BCUT2D eigenvalue weighted by Crippen LogP contribution is 2.41. The van der Waals surface area contributed by atoms with Crippen molar-refractivity contribution in [2.24, 2.45) is 4.99 Å². The molecule has 0 saturated carbocycles. The van der Waals surface area contributed by atoms with Gasteiger partial charge in [0.1, 0.15) is 0 Å². The molecule has 140 valence electrons. The van der Waals surface area contributed by atoms with Crippen molar-refractivity contribution in [1.29, 1.82) is 0 Å². The predicted molar refractivity (Wildman–Crippen MR) is 104 cm³/mol. The Kier molecular flexibility index (Phi) is 5.73. The summed E-state index contributed by atoms with van der Waals surface area (Å²) in [4.78, 5) is 28.6. The van der Waals surface area contributed by atoms with Crippen molar-refractivity contribution in [1.82, 2.24) is 0 Å². The average molecular weight is 461 g/mol. The van der Waals surface area contributed by atoms with E-state index in [2.05, 4.69) is 20.9 Å². The number of nitrogens with zero attached hydrogens (tertiary/aromatic N) is 2. The van der Waals surface area contributed by atoms with Gasteiger partial charge in [0.05, 0.1) is 17.5 Å². The number of thioether (sulfide) groups is 1. The van der Waals surface area contributed by atoms with Crippen LogP contribution in [0.5, 0.6) is 0 Å². The molecular formula is C16H17BrN2O5S2. The molecule has 1 aromatic carbocycles. The molecule has 26 heavy (non-hydrogen) atoms. The van der Waals surface area contributed by atoms with Crippen LogP contribution in [0.25, 0.3) is 0 Å². The van der Waals surface area contributed by atoms with E-state index in [1.54, 1.807) is 0 Å². The number of carboxylic acids is 1. The van der Waals surface area contributed by atoms with Gasteiger partial charge in [-0.2, -0.15) is 4.99 Å². The van der Waals surface area contributed by atoms with E-state index >= 15 is 0 Å². The SMILES string of the molecule is O=C(O)CCCC(=O)N=C1SC2CS(=O)(=O)CC2N1c1ccc(Br)cc1. The Morgan fingerprint density at radius 3 is 2.58 bits per heavy atom. The first-order valence-electron chi connectivity index (χ1n) is 8.00. The van der Waals surface area contributed by atoms with Crippen LogP contribution in [0.3, 0.4) is 0 Å². The monoisotopic (exact) mass is 460 g/mol. The second-order valence-electron chi connectivity index (χ2n) is 6.18. The molecule has 2 atom stereocenters. The number of carbonyl (C=O) groups is 2. The molecule has 2 saturated heterocycles. The molecule has 3 rings (SSSR count). The first-order valence-corrected chi connectivity index (χ1v) is 11.5. The van der Waals surface area contributed by atoms with Crippen LogP contribution in [0, 0.1) is 0 Å². The Labute approximate surface area is 163 Å². The van der Waals surface area contributed by atoms with Crippen molar-refractivity contribution >= 4 is 60.3 Å². The van der Waals surface area contributed by atoms with Gasteiger partial charge in [-0.25, -0.2) is 8.42 Å². The van der Waals surface area contributed by atoms with Crippen molar-refractivity contribution in [3.05, 3.63) is 28.7 Å². The van der Waals surface area contributed by atoms with Gasteiger partial charge in [-0.1, -0.05) is 27.7 Å². The Hall–Kier alpha value is -1.39. The number of anilines is 1. The lowest BCUT2D eigenvalue weighted by Gasteiger charge is -2.24. The maximum atomic E-state index is 12.1. The van der Waals surface area contributed by atoms with Crippen molar-refractivity contribution in [2.45, 2.75) is 30.6 Å². The molecule has 1 N–H and O–H groups in total. The topological polar surface area (TPSA) is 104 Å². The summed E-state index contributed by atoms with van der Waals surface area (Å²) >= 11 is 4.68. The predicted octanol–water partition coefficient (Wildman–Crippen LogP) is 2.31. The largest absolute Gasteiger partial charge is 0.481 e. The molecule has 0 bridgehead atoms. The summed E-state index contributed by atoms with van der Waals surface area (Å²) in [5, 5.41) is 8.99. The van der Waals surface area contributed by atoms with Gasteiger partial charge in [-0.05, 0) is 30.7 Å². The molecule has 0 spiro atoms. The summed E-state index contributed by atoms with van der Waals surface area (Å²) in [7, 11) is -3.11. The van der Waals surface area contributed by atoms with Gasteiger partial charge in [0.15, 0.2) is 15.0 Å². The molecule has 0 aliphatic carbocycles. The third-order valence-electron chi connectivity index (χ3n) is 4.17. The minimum absolute atomic E-state index is 0.0347. The molecule has 7 nitrogen and oxygen atoms in total. The van der Waals surface area contributed by atoms with Crippen LogP contribution in [-0.2, 0) is 19.4 Å². The average Bonchev–Trinajstić information content (AvgIpc) is 2.99. The van der Waals surface area contributed by atoms with Crippen LogP contribution in [0.2, 0.25) is 0 Å². The van der Waals surface area contributed by atoms with E-state index in [4.69, 9.17) is 5.11 Å². The number of sulfone groups is 1. The van der Waals surface area contributed by atoms with E-state index in [0.717, 1.165) is 10.2 Å². The van der Waals surface area contributed by atoms with E-state index in [1.807, 2.05) is 29.2 Å². The van der Waals surface area contributed by atoms with Crippen molar-refractivity contribution in [2.75, 3.05) is 16.4 Å². The summed E-state index contributed by atoms with van der Waals surface area (Å²) in [6.07, 6.45) is 0.205. The summed E-state index contributed by atoms with van der Waals surface area (Å²) in [6, 6.07) is 7.15. The van der Waals surface area contributed by atoms with Gasteiger partial charge in [0, 0.05) is 28.3 Å². The number of fused-ring (bicyclic) bond motifs is 1. The third kappa shape index (κ3) is 4.47. The zero-order valence-corrected chi connectivity index (χ0v) is 16.9. The van der Waals surface area contributed by atoms with Gasteiger partial charge < -0.3 is 10.0 Å². The number of rotatable bonds is 5. The van der Waals surface area contributed by atoms with E-state index < -0.39 is 21.7 Å². The van der Waals surface area contributed by atoms with Crippen LogP contribution in [0.4, 0.5) is 5.69 Å². The van der Waals surface area contributed by atoms with Gasteiger partial charge in [-0.3, -0.25) is 9.59 Å². The Balaban J connectivity index is 1.84. The number of amidine groups is 1. The van der Waals surface area contributed by atoms with Crippen LogP contribution < -0.4 is 4.90 Å². The molecule has 2 fully saturated rings.